The van der Waals surface area contributed by atoms with Gasteiger partial charge in [0.15, 0.2) is 0 Å². The monoisotopic (exact) mass is 250 g/mol. The summed E-state index contributed by atoms with van der Waals surface area (Å²) in [6.45, 7) is 4.08. The molecule has 0 heterocycles. The van der Waals surface area contributed by atoms with E-state index in [4.69, 9.17) is 5.84 Å². The highest BCUT2D eigenvalue weighted by molar-refractivity contribution is 9.10. The van der Waals surface area contributed by atoms with E-state index in [0.29, 0.717) is 0 Å². The third kappa shape index (κ3) is 2.37. The molecule has 0 radical (unpaired) electrons. The van der Waals surface area contributed by atoms with Crippen LogP contribution in [0.1, 0.15) is 11.1 Å². The fourth-order valence-corrected chi connectivity index (χ4v) is 1.26. The number of benzene rings is 1. The summed E-state index contributed by atoms with van der Waals surface area (Å²) in [7, 11) is 0. The van der Waals surface area contributed by atoms with Gasteiger partial charge < -0.3 is 5.43 Å². The molecule has 0 unspecified atom stereocenters. The molecule has 1 aromatic carbocycles. The maximum absolute atomic E-state index is 5.27. The number of hydrogen-bond donors (Lipinski definition) is 2. The number of rotatable bonds is 1. The van der Waals surface area contributed by atoms with E-state index in [1.54, 1.807) is 0 Å². The van der Waals surface area contributed by atoms with E-state index in [9.17, 15) is 0 Å². The topological polar surface area (TPSA) is 38.0 Å². The van der Waals surface area contributed by atoms with E-state index in [0.717, 1.165) is 10.2 Å². The molecule has 68 valence electrons. The molecule has 1 aromatic rings. The summed E-state index contributed by atoms with van der Waals surface area (Å²) in [4.78, 5) is 0. The summed E-state index contributed by atoms with van der Waals surface area (Å²) in [6.07, 6.45) is 0. The Bertz CT molecular complexity index is 253. The predicted octanol–water partition coefficient (Wildman–Crippen LogP) is 2.77. The van der Waals surface area contributed by atoms with E-state index in [-0.39, 0.29) is 12.4 Å². The zero-order valence-corrected chi connectivity index (χ0v) is 9.42. The summed E-state index contributed by atoms with van der Waals surface area (Å²) in [5.74, 6) is 5.27. The summed E-state index contributed by atoms with van der Waals surface area (Å²) >= 11 is 3.47. The van der Waals surface area contributed by atoms with E-state index in [1.165, 1.54) is 11.1 Å². The molecule has 4 heteroatoms. The Morgan fingerprint density at radius 1 is 1.25 bits per heavy atom. The second kappa shape index (κ2) is 4.70. The summed E-state index contributed by atoms with van der Waals surface area (Å²) < 4.78 is 1.15. The van der Waals surface area contributed by atoms with Crippen molar-refractivity contribution in [1.29, 1.82) is 0 Å². The van der Waals surface area contributed by atoms with Gasteiger partial charge in [-0.25, -0.2) is 0 Å². The largest absolute Gasteiger partial charge is 0.324 e. The van der Waals surface area contributed by atoms with Crippen LogP contribution >= 0.6 is 28.3 Å². The fraction of sp³-hybridized carbons (Fsp3) is 0.250. The number of hydrogen-bond acceptors (Lipinski definition) is 2. The van der Waals surface area contributed by atoms with Crippen molar-refractivity contribution >= 4 is 34.0 Å². The third-order valence-electron chi connectivity index (χ3n) is 1.60. The second-order valence-electron chi connectivity index (χ2n) is 2.57. The Morgan fingerprint density at radius 2 is 1.67 bits per heavy atom. The van der Waals surface area contributed by atoms with Crippen molar-refractivity contribution in [3.05, 3.63) is 27.7 Å². The van der Waals surface area contributed by atoms with Gasteiger partial charge in [0.1, 0.15) is 0 Å². The third-order valence-corrected chi connectivity index (χ3v) is 2.85. The zero-order valence-electron chi connectivity index (χ0n) is 7.02. The molecule has 0 fully saturated rings. The number of halogens is 2. The number of aryl methyl sites for hydroxylation is 2. The van der Waals surface area contributed by atoms with Crippen LogP contribution in [0.25, 0.3) is 0 Å². The van der Waals surface area contributed by atoms with Crippen molar-refractivity contribution in [2.24, 2.45) is 5.84 Å². The van der Waals surface area contributed by atoms with Crippen LogP contribution in [-0.2, 0) is 0 Å². The molecule has 12 heavy (non-hydrogen) atoms. The predicted molar refractivity (Wildman–Crippen MR) is 58.7 cm³/mol. The van der Waals surface area contributed by atoms with Crippen molar-refractivity contribution < 1.29 is 0 Å². The smallest absolute Gasteiger partial charge is 0.0491 e. The Hall–Kier alpha value is -0.250. The molecular formula is C8H12BrClN2. The SMILES string of the molecule is Cc1cc(NN)cc(C)c1Br.Cl. The van der Waals surface area contributed by atoms with Crippen LogP contribution in [0.5, 0.6) is 0 Å². The number of nitrogens with one attached hydrogen (secondary N) is 1. The lowest BCUT2D eigenvalue weighted by atomic mass is 10.1. The first-order valence-corrected chi connectivity index (χ1v) is 4.18. The van der Waals surface area contributed by atoms with Gasteiger partial charge in [0, 0.05) is 10.2 Å². The van der Waals surface area contributed by atoms with Gasteiger partial charge in [-0.15, -0.1) is 12.4 Å². The minimum absolute atomic E-state index is 0. The van der Waals surface area contributed by atoms with Crippen molar-refractivity contribution in [2.45, 2.75) is 13.8 Å². The van der Waals surface area contributed by atoms with E-state index >= 15 is 0 Å². The molecule has 0 aromatic heterocycles. The Kier molecular flexibility index (Phi) is 4.60. The molecular weight excluding hydrogens is 239 g/mol. The molecule has 3 N–H and O–H groups in total. The molecule has 0 atom stereocenters. The molecule has 0 saturated carbocycles. The fourth-order valence-electron chi connectivity index (χ4n) is 1.03. The number of anilines is 1. The highest BCUT2D eigenvalue weighted by atomic mass is 79.9. The number of hydrazine groups is 1. The molecule has 0 saturated heterocycles. The zero-order chi connectivity index (χ0) is 8.43. The van der Waals surface area contributed by atoms with Crippen LogP contribution in [0.4, 0.5) is 5.69 Å². The molecule has 0 aliphatic rings. The minimum Gasteiger partial charge on any atom is -0.324 e. The van der Waals surface area contributed by atoms with Crippen LogP contribution in [0.3, 0.4) is 0 Å². The van der Waals surface area contributed by atoms with Gasteiger partial charge in [0.25, 0.3) is 0 Å². The first kappa shape index (κ1) is 11.8. The maximum atomic E-state index is 5.27. The summed E-state index contributed by atoms with van der Waals surface area (Å²) in [5.41, 5.74) is 5.95. The summed E-state index contributed by atoms with van der Waals surface area (Å²) in [6, 6.07) is 3.99. The minimum atomic E-state index is 0. The van der Waals surface area contributed by atoms with Crippen LogP contribution in [0.15, 0.2) is 16.6 Å². The summed E-state index contributed by atoms with van der Waals surface area (Å²) in [5, 5.41) is 0. The van der Waals surface area contributed by atoms with E-state index < -0.39 is 0 Å². The van der Waals surface area contributed by atoms with Crippen molar-refractivity contribution in [1.82, 2.24) is 0 Å². The molecule has 0 aliphatic carbocycles. The van der Waals surface area contributed by atoms with Gasteiger partial charge in [0.05, 0.1) is 0 Å². The maximum Gasteiger partial charge on any atom is 0.0491 e. The van der Waals surface area contributed by atoms with Crippen LogP contribution in [-0.4, -0.2) is 0 Å². The van der Waals surface area contributed by atoms with Gasteiger partial charge in [-0.3, -0.25) is 5.84 Å². The lowest BCUT2D eigenvalue weighted by Gasteiger charge is -2.06. The average Bonchev–Trinajstić information content (AvgIpc) is 1.99. The Labute approximate surface area is 87.0 Å². The van der Waals surface area contributed by atoms with E-state index in [1.807, 2.05) is 26.0 Å². The Balaban J connectivity index is 0.00000121. The first-order valence-electron chi connectivity index (χ1n) is 3.38. The normalized spacial score (nSPS) is 9.00. The quantitative estimate of drug-likeness (QED) is 0.595. The van der Waals surface area contributed by atoms with Gasteiger partial charge in [0.2, 0.25) is 0 Å². The molecule has 0 aliphatic heterocycles. The second-order valence-corrected chi connectivity index (χ2v) is 3.36. The number of nitrogens with two attached hydrogens (primary N) is 1. The highest BCUT2D eigenvalue weighted by Gasteiger charge is 1.99. The van der Waals surface area contributed by atoms with Crippen LogP contribution < -0.4 is 11.3 Å². The van der Waals surface area contributed by atoms with Gasteiger partial charge in [-0.1, -0.05) is 15.9 Å². The average molecular weight is 252 g/mol. The molecule has 2 nitrogen and oxygen atoms in total. The molecule has 0 spiro atoms. The van der Waals surface area contributed by atoms with Gasteiger partial charge in [-0.05, 0) is 37.1 Å². The van der Waals surface area contributed by atoms with E-state index in [2.05, 4.69) is 21.4 Å². The first-order chi connectivity index (χ1) is 5.15. The van der Waals surface area contributed by atoms with Crippen molar-refractivity contribution in [2.75, 3.05) is 5.43 Å². The lowest BCUT2D eigenvalue weighted by molar-refractivity contribution is 1.29. The highest BCUT2D eigenvalue weighted by Crippen LogP contribution is 2.24. The Morgan fingerprint density at radius 3 is 2.00 bits per heavy atom. The van der Waals surface area contributed by atoms with Gasteiger partial charge in [-0.2, -0.15) is 0 Å². The lowest BCUT2D eigenvalue weighted by Crippen LogP contribution is -2.07. The standard InChI is InChI=1S/C8H11BrN2.ClH/c1-5-3-7(11-10)4-6(2)8(5)9;/h3-4,11H,10H2,1-2H3;1H. The number of nitrogen functional groups attached to an aromatic ring is 1. The molecule has 0 amide bonds. The van der Waals surface area contributed by atoms with Crippen molar-refractivity contribution in [3.63, 3.8) is 0 Å². The van der Waals surface area contributed by atoms with Gasteiger partial charge >= 0.3 is 0 Å². The van der Waals surface area contributed by atoms with Crippen LogP contribution in [0, 0.1) is 13.8 Å². The molecule has 1 rings (SSSR count). The van der Waals surface area contributed by atoms with Crippen molar-refractivity contribution in [3.8, 4) is 0 Å². The molecule has 0 bridgehead atoms. The van der Waals surface area contributed by atoms with Crippen LogP contribution in [0.2, 0.25) is 0 Å².